The maximum Gasteiger partial charge on any atom is 0.338 e. The van der Waals surface area contributed by atoms with Crippen LogP contribution >= 0.6 is 0 Å². The average Bonchev–Trinajstić information content (AvgIpc) is 2.88. The first-order valence-corrected chi connectivity index (χ1v) is 7.18. The van der Waals surface area contributed by atoms with Crippen LogP contribution in [0.15, 0.2) is 48.8 Å². The van der Waals surface area contributed by atoms with Crippen molar-refractivity contribution < 1.29 is 14.6 Å². The van der Waals surface area contributed by atoms with Crippen LogP contribution in [0.4, 0.5) is 0 Å². The van der Waals surface area contributed by atoms with E-state index in [4.69, 9.17) is 4.74 Å². The second kappa shape index (κ2) is 5.56. The van der Waals surface area contributed by atoms with Gasteiger partial charge in [0.25, 0.3) is 0 Å². The molecule has 2 heterocycles. The standard InChI is InChI=1S/C18H17NO3/c1-3-22-16-8-7-12(2)10-13(16)14-11-19-9-5-4-6-15(19)17(14)18(20)21/h4-11H,3H2,1-2H3,(H,20,21). The second-order valence-corrected chi connectivity index (χ2v) is 5.15. The Labute approximate surface area is 128 Å². The van der Waals surface area contributed by atoms with Crippen LogP contribution in [0.5, 0.6) is 5.75 Å². The number of ether oxygens (including phenoxy) is 1. The van der Waals surface area contributed by atoms with Gasteiger partial charge in [-0.2, -0.15) is 0 Å². The Morgan fingerprint density at radius 2 is 2.05 bits per heavy atom. The van der Waals surface area contributed by atoms with Gasteiger partial charge in [0.15, 0.2) is 0 Å². The Bertz CT molecular complexity index is 849. The van der Waals surface area contributed by atoms with Crippen LogP contribution < -0.4 is 4.74 Å². The molecule has 0 aliphatic rings. The summed E-state index contributed by atoms with van der Waals surface area (Å²) in [5.74, 6) is -0.237. The summed E-state index contributed by atoms with van der Waals surface area (Å²) in [6, 6.07) is 11.3. The molecule has 0 spiro atoms. The first-order valence-electron chi connectivity index (χ1n) is 7.18. The van der Waals surface area contributed by atoms with Gasteiger partial charge in [-0.05, 0) is 38.1 Å². The molecule has 4 nitrogen and oxygen atoms in total. The van der Waals surface area contributed by atoms with E-state index in [0.717, 1.165) is 11.1 Å². The molecule has 22 heavy (non-hydrogen) atoms. The van der Waals surface area contributed by atoms with Crippen molar-refractivity contribution in [3.8, 4) is 16.9 Å². The summed E-state index contributed by atoms with van der Waals surface area (Å²) >= 11 is 0. The molecule has 0 aliphatic heterocycles. The highest BCUT2D eigenvalue weighted by Crippen LogP contribution is 2.36. The van der Waals surface area contributed by atoms with Gasteiger partial charge in [0.1, 0.15) is 5.75 Å². The molecule has 0 fully saturated rings. The number of aromatic carboxylic acids is 1. The van der Waals surface area contributed by atoms with E-state index in [9.17, 15) is 9.90 Å². The summed E-state index contributed by atoms with van der Waals surface area (Å²) in [6.07, 6.45) is 3.69. The van der Waals surface area contributed by atoms with Gasteiger partial charge >= 0.3 is 5.97 Å². The van der Waals surface area contributed by atoms with Crippen molar-refractivity contribution in [1.29, 1.82) is 0 Å². The minimum absolute atomic E-state index is 0.298. The minimum Gasteiger partial charge on any atom is -0.493 e. The van der Waals surface area contributed by atoms with Crippen molar-refractivity contribution >= 4 is 11.5 Å². The molecule has 0 aliphatic carbocycles. The van der Waals surface area contributed by atoms with E-state index in [1.807, 2.05) is 67.0 Å². The highest BCUT2D eigenvalue weighted by Gasteiger charge is 2.20. The predicted molar refractivity (Wildman–Crippen MR) is 85.7 cm³/mol. The fourth-order valence-electron chi connectivity index (χ4n) is 2.69. The molecule has 3 aromatic rings. The number of carboxylic acids is 1. The summed E-state index contributed by atoms with van der Waals surface area (Å²) in [5, 5.41) is 9.65. The summed E-state index contributed by atoms with van der Waals surface area (Å²) < 4.78 is 7.51. The van der Waals surface area contributed by atoms with Gasteiger partial charge < -0.3 is 14.2 Å². The zero-order chi connectivity index (χ0) is 15.7. The lowest BCUT2D eigenvalue weighted by Crippen LogP contribution is -2.00. The number of hydrogen-bond acceptors (Lipinski definition) is 2. The molecule has 0 bridgehead atoms. The van der Waals surface area contributed by atoms with Crippen LogP contribution in [0.2, 0.25) is 0 Å². The van der Waals surface area contributed by atoms with Gasteiger partial charge in [-0.3, -0.25) is 0 Å². The number of hydrogen-bond donors (Lipinski definition) is 1. The SMILES string of the molecule is CCOc1ccc(C)cc1-c1cn2ccccc2c1C(=O)O. The van der Waals surface area contributed by atoms with Gasteiger partial charge in [0, 0.05) is 23.5 Å². The quantitative estimate of drug-likeness (QED) is 0.791. The number of benzene rings is 1. The van der Waals surface area contributed by atoms with E-state index in [-0.39, 0.29) is 0 Å². The van der Waals surface area contributed by atoms with Crippen LogP contribution in [-0.4, -0.2) is 22.1 Å². The number of carbonyl (C=O) groups is 1. The van der Waals surface area contributed by atoms with Crippen molar-refractivity contribution in [1.82, 2.24) is 4.40 Å². The largest absolute Gasteiger partial charge is 0.493 e. The Morgan fingerprint density at radius 1 is 1.23 bits per heavy atom. The van der Waals surface area contributed by atoms with Crippen LogP contribution in [0.1, 0.15) is 22.8 Å². The summed E-state index contributed by atoms with van der Waals surface area (Å²) in [4.78, 5) is 11.8. The Kier molecular flexibility index (Phi) is 3.59. The molecule has 2 aromatic heterocycles. The average molecular weight is 295 g/mol. The third kappa shape index (κ3) is 2.33. The van der Waals surface area contributed by atoms with E-state index < -0.39 is 5.97 Å². The number of aryl methyl sites for hydroxylation is 1. The predicted octanol–water partition coefficient (Wildman–Crippen LogP) is 4.01. The first kappa shape index (κ1) is 14.2. The maximum absolute atomic E-state index is 11.8. The Hall–Kier alpha value is -2.75. The Balaban J connectivity index is 2.32. The van der Waals surface area contributed by atoms with E-state index in [2.05, 4.69) is 0 Å². The van der Waals surface area contributed by atoms with Gasteiger partial charge in [0.2, 0.25) is 0 Å². The fraction of sp³-hybridized carbons (Fsp3) is 0.167. The third-order valence-electron chi connectivity index (χ3n) is 3.62. The number of nitrogens with zero attached hydrogens (tertiary/aromatic N) is 1. The molecule has 0 atom stereocenters. The van der Waals surface area contributed by atoms with E-state index in [1.165, 1.54) is 0 Å². The zero-order valence-electron chi connectivity index (χ0n) is 12.5. The molecule has 0 saturated heterocycles. The lowest BCUT2D eigenvalue weighted by molar-refractivity contribution is 0.0700. The molecule has 3 rings (SSSR count). The number of carboxylic acid groups (broad SMARTS) is 1. The lowest BCUT2D eigenvalue weighted by Gasteiger charge is -2.11. The number of rotatable bonds is 4. The van der Waals surface area contributed by atoms with E-state index in [1.54, 1.807) is 0 Å². The van der Waals surface area contributed by atoms with Crippen molar-refractivity contribution in [2.75, 3.05) is 6.61 Å². The molecule has 0 amide bonds. The summed E-state index contributed by atoms with van der Waals surface area (Å²) in [6.45, 7) is 4.43. The van der Waals surface area contributed by atoms with Crippen molar-refractivity contribution in [3.63, 3.8) is 0 Å². The lowest BCUT2D eigenvalue weighted by atomic mass is 10.0. The van der Waals surface area contributed by atoms with Crippen molar-refractivity contribution in [2.45, 2.75) is 13.8 Å². The Morgan fingerprint density at radius 3 is 2.77 bits per heavy atom. The van der Waals surface area contributed by atoms with Gasteiger partial charge in [0.05, 0.1) is 17.7 Å². The van der Waals surface area contributed by atoms with Gasteiger partial charge in [-0.15, -0.1) is 0 Å². The molecule has 1 aromatic carbocycles. The van der Waals surface area contributed by atoms with E-state index >= 15 is 0 Å². The second-order valence-electron chi connectivity index (χ2n) is 5.15. The molecule has 4 heteroatoms. The van der Waals surface area contributed by atoms with Crippen LogP contribution in [0.25, 0.3) is 16.6 Å². The number of fused-ring (bicyclic) bond motifs is 1. The molecule has 112 valence electrons. The van der Waals surface area contributed by atoms with E-state index in [0.29, 0.717) is 29.0 Å². The molecule has 1 N–H and O–H groups in total. The number of pyridine rings is 1. The summed E-state index contributed by atoms with van der Waals surface area (Å²) in [7, 11) is 0. The monoisotopic (exact) mass is 295 g/mol. The molecular formula is C18H17NO3. The van der Waals surface area contributed by atoms with Crippen LogP contribution in [-0.2, 0) is 0 Å². The maximum atomic E-state index is 11.8. The van der Waals surface area contributed by atoms with Crippen LogP contribution in [0, 0.1) is 6.92 Å². The topological polar surface area (TPSA) is 50.9 Å². The first-order chi connectivity index (χ1) is 10.6. The van der Waals surface area contributed by atoms with Gasteiger partial charge in [-0.1, -0.05) is 17.7 Å². The minimum atomic E-state index is -0.937. The van der Waals surface area contributed by atoms with Crippen LogP contribution in [0.3, 0.4) is 0 Å². The smallest absolute Gasteiger partial charge is 0.338 e. The van der Waals surface area contributed by atoms with Crippen molar-refractivity contribution in [2.24, 2.45) is 0 Å². The molecular weight excluding hydrogens is 278 g/mol. The highest BCUT2D eigenvalue weighted by molar-refractivity contribution is 6.04. The fourth-order valence-corrected chi connectivity index (χ4v) is 2.69. The number of aromatic nitrogens is 1. The molecule has 0 unspecified atom stereocenters. The summed E-state index contributed by atoms with van der Waals surface area (Å²) in [5.41, 5.74) is 3.51. The van der Waals surface area contributed by atoms with Gasteiger partial charge in [-0.25, -0.2) is 4.79 Å². The molecule has 0 saturated carbocycles. The highest BCUT2D eigenvalue weighted by atomic mass is 16.5. The molecule has 0 radical (unpaired) electrons. The van der Waals surface area contributed by atoms with Crippen molar-refractivity contribution in [3.05, 3.63) is 59.9 Å². The third-order valence-corrected chi connectivity index (χ3v) is 3.62. The normalized spacial score (nSPS) is 10.8. The zero-order valence-corrected chi connectivity index (χ0v) is 12.5.